The highest BCUT2D eigenvalue weighted by atomic mass is 79.9. The summed E-state index contributed by atoms with van der Waals surface area (Å²) in [6.45, 7) is 3.96. The van der Waals surface area contributed by atoms with Gasteiger partial charge in [-0.2, -0.15) is 0 Å². The first-order chi connectivity index (χ1) is 8.99. The molecule has 0 aliphatic heterocycles. The highest BCUT2D eigenvalue weighted by molar-refractivity contribution is 9.10. The van der Waals surface area contributed by atoms with Gasteiger partial charge in [0.15, 0.2) is 0 Å². The summed E-state index contributed by atoms with van der Waals surface area (Å²) in [7, 11) is 0. The van der Waals surface area contributed by atoms with Gasteiger partial charge in [0.1, 0.15) is 4.88 Å². The Morgan fingerprint density at radius 3 is 2.84 bits per heavy atom. The van der Waals surface area contributed by atoms with Gasteiger partial charge in [-0.05, 0) is 51.6 Å². The van der Waals surface area contributed by atoms with E-state index in [-0.39, 0.29) is 11.8 Å². The van der Waals surface area contributed by atoms with Gasteiger partial charge in [-0.3, -0.25) is 4.79 Å². The first-order valence-electron chi connectivity index (χ1n) is 5.57. The molecule has 2 rings (SSSR count). The Kier molecular flexibility index (Phi) is 4.54. The lowest BCUT2D eigenvalue weighted by Gasteiger charge is -2.08. The highest BCUT2D eigenvalue weighted by Gasteiger charge is 2.19. The van der Waals surface area contributed by atoms with Gasteiger partial charge >= 0.3 is 0 Å². The molecule has 0 saturated heterocycles. The average Bonchev–Trinajstić information content (AvgIpc) is 2.82. The third-order valence-electron chi connectivity index (χ3n) is 2.45. The Morgan fingerprint density at radius 1 is 1.47 bits per heavy atom. The van der Waals surface area contributed by atoms with E-state index in [9.17, 15) is 4.79 Å². The van der Waals surface area contributed by atoms with Crippen molar-refractivity contribution in [2.24, 2.45) is 0 Å². The lowest BCUT2D eigenvalue weighted by atomic mass is 10.1. The molecule has 0 saturated carbocycles. The Hall–Kier alpha value is -0.980. The number of aromatic nitrogens is 2. The summed E-state index contributed by atoms with van der Waals surface area (Å²) < 4.78 is 4.57. The third-order valence-corrected chi connectivity index (χ3v) is 4.08. The summed E-state index contributed by atoms with van der Waals surface area (Å²) in [6, 6.07) is 5.19. The van der Waals surface area contributed by atoms with Crippen molar-refractivity contribution in [1.29, 1.82) is 0 Å². The molecular weight excluding hydrogens is 350 g/mol. The molecule has 0 spiro atoms. The molecule has 0 radical (unpaired) electrons. The quantitative estimate of drug-likeness (QED) is 0.886. The number of carbonyl (C=O) groups is 1. The van der Waals surface area contributed by atoms with Crippen molar-refractivity contribution >= 4 is 50.7 Å². The second-order valence-electron chi connectivity index (χ2n) is 4.22. The summed E-state index contributed by atoms with van der Waals surface area (Å²) in [4.78, 5) is 12.7. The second-order valence-corrected chi connectivity index (χ2v) is 6.27. The van der Waals surface area contributed by atoms with E-state index in [1.807, 2.05) is 13.8 Å². The van der Waals surface area contributed by atoms with Gasteiger partial charge < -0.3 is 5.32 Å². The zero-order valence-corrected chi connectivity index (χ0v) is 13.4. The summed E-state index contributed by atoms with van der Waals surface area (Å²) in [6.07, 6.45) is 0. The molecular formula is C12H11BrClN3OS. The molecule has 1 aromatic heterocycles. The normalized spacial score (nSPS) is 10.8. The van der Waals surface area contributed by atoms with Crippen LogP contribution in [0.2, 0.25) is 5.02 Å². The molecule has 0 unspecified atom stereocenters. The number of rotatable bonds is 3. The minimum absolute atomic E-state index is 0.160. The van der Waals surface area contributed by atoms with Crippen molar-refractivity contribution < 1.29 is 4.79 Å². The Balaban J connectivity index is 2.23. The van der Waals surface area contributed by atoms with Gasteiger partial charge in [0.05, 0.1) is 11.4 Å². The van der Waals surface area contributed by atoms with E-state index in [0.717, 1.165) is 16.0 Å². The molecule has 0 atom stereocenters. The van der Waals surface area contributed by atoms with Gasteiger partial charge in [-0.1, -0.05) is 29.9 Å². The van der Waals surface area contributed by atoms with Crippen LogP contribution in [0, 0.1) is 0 Å². The van der Waals surface area contributed by atoms with Crippen molar-refractivity contribution in [3.63, 3.8) is 0 Å². The number of carbonyl (C=O) groups excluding carboxylic acids is 1. The van der Waals surface area contributed by atoms with Crippen molar-refractivity contribution in [2.75, 3.05) is 5.32 Å². The van der Waals surface area contributed by atoms with E-state index < -0.39 is 0 Å². The molecule has 100 valence electrons. The number of benzene rings is 1. The van der Waals surface area contributed by atoms with Crippen molar-refractivity contribution in [3.05, 3.63) is 38.3 Å². The largest absolute Gasteiger partial charge is 0.320 e. The van der Waals surface area contributed by atoms with Crippen LogP contribution in [0.4, 0.5) is 5.69 Å². The molecule has 0 bridgehead atoms. The number of anilines is 1. The fraction of sp³-hybridized carbons (Fsp3) is 0.250. The van der Waals surface area contributed by atoms with Crippen LogP contribution in [0.3, 0.4) is 0 Å². The number of nitrogens with zero attached hydrogens (tertiary/aromatic N) is 2. The Morgan fingerprint density at radius 2 is 2.21 bits per heavy atom. The topological polar surface area (TPSA) is 54.9 Å². The van der Waals surface area contributed by atoms with Crippen LogP contribution in [0.15, 0.2) is 22.7 Å². The van der Waals surface area contributed by atoms with Crippen LogP contribution < -0.4 is 5.32 Å². The minimum atomic E-state index is -0.207. The second kappa shape index (κ2) is 5.98. The summed E-state index contributed by atoms with van der Waals surface area (Å²) in [5.74, 6) is -0.0464. The van der Waals surface area contributed by atoms with Crippen LogP contribution in [-0.2, 0) is 0 Å². The minimum Gasteiger partial charge on any atom is -0.320 e. The number of amides is 1. The Bertz CT molecular complexity index is 615. The molecule has 1 N–H and O–H groups in total. The van der Waals surface area contributed by atoms with Gasteiger partial charge in [0, 0.05) is 9.50 Å². The van der Waals surface area contributed by atoms with Gasteiger partial charge in [0.2, 0.25) is 0 Å². The molecule has 0 fully saturated rings. The first-order valence-corrected chi connectivity index (χ1v) is 7.52. The summed E-state index contributed by atoms with van der Waals surface area (Å²) in [5, 5.41) is 7.41. The third kappa shape index (κ3) is 3.32. The van der Waals surface area contributed by atoms with Crippen molar-refractivity contribution in [3.8, 4) is 0 Å². The number of nitrogens with one attached hydrogen (secondary N) is 1. The predicted molar refractivity (Wildman–Crippen MR) is 81.1 cm³/mol. The average molecular weight is 361 g/mol. The van der Waals surface area contributed by atoms with E-state index in [1.165, 1.54) is 0 Å². The molecule has 1 aromatic carbocycles. The van der Waals surface area contributed by atoms with Gasteiger partial charge in [0.25, 0.3) is 5.91 Å². The maximum atomic E-state index is 12.2. The van der Waals surface area contributed by atoms with E-state index in [1.54, 1.807) is 18.2 Å². The number of halogens is 2. The monoisotopic (exact) mass is 359 g/mol. The van der Waals surface area contributed by atoms with Crippen LogP contribution >= 0.6 is 39.1 Å². The SMILES string of the molecule is CC(C)c1nnsc1C(=O)Nc1ccc(Cl)cc1Br. The molecule has 19 heavy (non-hydrogen) atoms. The van der Waals surface area contributed by atoms with Crippen molar-refractivity contribution in [2.45, 2.75) is 19.8 Å². The lowest BCUT2D eigenvalue weighted by Crippen LogP contribution is -2.13. The van der Waals surface area contributed by atoms with Crippen LogP contribution in [0.5, 0.6) is 0 Å². The summed E-state index contributed by atoms with van der Waals surface area (Å²) >= 11 is 10.3. The standard InChI is InChI=1S/C12H11BrClN3OS/c1-6(2)10-11(19-17-16-10)12(18)15-9-4-3-7(14)5-8(9)13/h3-6H,1-2H3,(H,15,18). The molecule has 7 heteroatoms. The zero-order valence-electron chi connectivity index (χ0n) is 10.3. The van der Waals surface area contributed by atoms with E-state index in [0.29, 0.717) is 21.3 Å². The zero-order chi connectivity index (χ0) is 14.0. The number of hydrogen-bond acceptors (Lipinski definition) is 4. The molecule has 1 amide bonds. The number of hydrogen-bond donors (Lipinski definition) is 1. The van der Waals surface area contributed by atoms with E-state index in [4.69, 9.17) is 11.6 Å². The summed E-state index contributed by atoms with van der Waals surface area (Å²) in [5.41, 5.74) is 1.38. The van der Waals surface area contributed by atoms with Crippen LogP contribution in [0.1, 0.15) is 35.1 Å². The lowest BCUT2D eigenvalue weighted by molar-refractivity contribution is 0.102. The first kappa shape index (κ1) is 14.4. The van der Waals surface area contributed by atoms with Gasteiger partial charge in [-0.25, -0.2) is 0 Å². The maximum absolute atomic E-state index is 12.2. The van der Waals surface area contributed by atoms with E-state index >= 15 is 0 Å². The maximum Gasteiger partial charge on any atom is 0.269 e. The Labute approximate surface area is 128 Å². The van der Waals surface area contributed by atoms with Crippen molar-refractivity contribution in [1.82, 2.24) is 9.59 Å². The fourth-order valence-corrected chi connectivity index (χ4v) is 3.00. The molecule has 0 aliphatic rings. The molecule has 0 aliphatic carbocycles. The van der Waals surface area contributed by atoms with Crippen LogP contribution in [0.25, 0.3) is 0 Å². The molecule has 4 nitrogen and oxygen atoms in total. The fourth-order valence-electron chi connectivity index (χ4n) is 1.50. The molecule has 2 aromatic rings. The highest BCUT2D eigenvalue weighted by Crippen LogP contribution is 2.27. The van der Waals surface area contributed by atoms with E-state index in [2.05, 4.69) is 30.8 Å². The molecule has 1 heterocycles. The smallest absolute Gasteiger partial charge is 0.269 e. The predicted octanol–water partition coefficient (Wildman–Crippen LogP) is 4.33. The van der Waals surface area contributed by atoms with Gasteiger partial charge in [-0.15, -0.1) is 5.10 Å². The van der Waals surface area contributed by atoms with Crippen LogP contribution in [-0.4, -0.2) is 15.5 Å².